The molecule has 0 aliphatic heterocycles. The van der Waals surface area contributed by atoms with E-state index in [1.54, 1.807) is 18.3 Å². The summed E-state index contributed by atoms with van der Waals surface area (Å²) in [6.07, 6.45) is 3.40. The lowest BCUT2D eigenvalue weighted by atomic mass is 10.1. The van der Waals surface area contributed by atoms with Gasteiger partial charge < -0.3 is 15.1 Å². The number of aromatic nitrogens is 1. The first-order chi connectivity index (χ1) is 9.10. The van der Waals surface area contributed by atoms with E-state index in [4.69, 9.17) is 5.11 Å². The summed E-state index contributed by atoms with van der Waals surface area (Å²) in [5, 5.41) is 18.0. The Kier molecular flexibility index (Phi) is 5.95. The van der Waals surface area contributed by atoms with E-state index in [-0.39, 0.29) is 31.5 Å². The quantitative estimate of drug-likeness (QED) is 0.760. The van der Waals surface area contributed by atoms with Crippen molar-refractivity contribution in [1.29, 1.82) is 0 Å². The summed E-state index contributed by atoms with van der Waals surface area (Å²) in [4.78, 5) is 28.2. The molecule has 0 radical (unpaired) electrons. The van der Waals surface area contributed by atoms with Crippen LogP contribution in [0.4, 0.5) is 0 Å². The number of aliphatic hydroxyl groups excluding tert-OH is 1. The smallest absolute Gasteiger partial charge is 0.305 e. The van der Waals surface area contributed by atoms with Crippen LogP contribution in [0.15, 0.2) is 24.5 Å². The van der Waals surface area contributed by atoms with Crippen LogP contribution in [0.2, 0.25) is 0 Å². The van der Waals surface area contributed by atoms with Crippen LogP contribution >= 0.6 is 0 Å². The van der Waals surface area contributed by atoms with E-state index in [9.17, 15) is 14.7 Å². The number of amides is 1. The van der Waals surface area contributed by atoms with Crippen LogP contribution in [0.25, 0.3) is 0 Å². The molecular formula is C13H18N2O4. The second-order valence-electron chi connectivity index (χ2n) is 4.13. The van der Waals surface area contributed by atoms with Crippen molar-refractivity contribution in [2.24, 2.45) is 0 Å². The zero-order valence-corrected chi connectivity index (χ0v) is 10.8. The largest absolute Gasteiger partial charge is 0.481 e. The Hall–Kier alpha value is -1.95. The fraction of sp³-hybridized carbons (Fsp3) is 0.462. The predicted molar refractivity (Wildman–Crippen MR) is 68.7 cm³/mol. The second-order valence-corrected chi connectivity index (χ2v) is 4.13. The summed E-state index contributed by atoms with van der Waals surface area (Å²) in [5.41, 5.74) is 0.389. The van der Waals surface area contributed by atoms with Crippen LogP contribution in [-0.4, -0.2) is 51.2 Å². The number of nitrogens with zero attached hydrogens (tertiary/aromatic N) is 2. The molecule has 0 saturated heterocycles. The molecule has 0 aliphatic rings. The van der Waals surface area contributed by atoms with Crippen LogP contribution < -0.4 is 0 Å². The summed E-state index contributed by atoms with van der Waals surface area (Å²) < 4.78 is 0. The maximum absolute atomic E-state index is 12.3. The third kappa shape index (κ3) is 4.33. The lowest BCUT2D eigenvalue weighted by Crippen LogP contribution is -2.43. The molecule has 0 saturated carbocycles. The number of pyridine rings is 1. The van der Waals surface area contributed by atoms with E-state index in [0.29, 0.717) is 12.0 Å². The Morgan fingerprint density at radius 1 is 1.47 bits per heavy atom. The van der Waals surface area contributed by atoms with Gasteiger partial charge in [-0.15, -0.1) is 0 Å². The highest BCUT2D eigenvalue weighted by molar-refractivity contribution is 5.94. The first-order valence-electron chi connectivity index (χ1n) is 6.13. The average Bonchev–Trinajstić information content (AvgIpc) is 2.43. The van der Waals surface area contributed by atoms with Crippen molar-refractivity contribution >= 4 is 11.9 Å². The van der Waals surface area contributed by atoms with Crippen molar-refractivity contribution in [2.45, 2.75) is 25.8 Å². The van der Waals surface area contributed by atoms with Gasteiger partial charge in [-0.2, -0.15) is 0 Å². The molecule has 1 rings (SSSR count). The van der Waals surface area contributed by atoms with Crippen LogP contribution in [0.1, 0.15) is 30.1 Å². The third-order valence-electron chi connectivity index (χ3n) is 2.86. The Morgan fingerprint density at radius 2 is 2.21 bits per heavy atom. The molecule has 1 heterocycles. The lowest BCUT2D eigenvalue weighted by Gasteiger charge is -2.29. The van der Waals surface area contributed by atoms with E-state index >= 15 is 0 Å². The molecule has 1 aromatic rings. The number of carboxylic acids is 1. The van der Waals surface area contributed by atoms with Gasteiger partial charge >= 0.3 is 5.97 Å². The second kappa shape index (κ2) is 7.48. The number of carboxylic acid groups (broad SMARTS) is 1. The van der Waals surface area contributed by atoms with Crippen LogP contribution in [0, 0.1) is 0 Å². The Morgan fingerprint density at radius 3 is 2.68 bits per heavy atom. The van der Waals surface area contributed by atoms with Crippen LogP contribution in [0.5, 0.6) is 0 Å². The zero-order valence-electron chi connectivity index (χ0n) is 10.8. The highest BCUT2D eigenvalue weighted by Gasteiger charge is 2.23. The fourth-order valence-corrected chi connectivity index (χ4v) is 1.77. The number of hydrogen-bond donors (Lipinski definition) is 2. The molecule has 104 valence electrons. The average molecular weight is 266 g/mol. The molecule has 1 atom stereocenters. The Bertz CT molecular complexity index is 418. The van der Waals surface area contributed by atoms with E-state index < -0.39 is 5.97 Å². The molecule has 1 amide bonds. The standard InChI is InChI=1S/C13H18N2O4/c1-2-11(9-16)15(7-5-12(17)18)13(19)10-4-3-6-14-8-10/h3-4,6,8,11,16H,2,5,7,9H2,1H3,(H,17,18). The van der Waals surface area contributed by atoms with Gasteiger partial charge in [-0.3, -0.25) is 14.6 Å². The number of carbonyl (C=O) groups is 2. The van der Waals surface area contributed by atoms with Crippen LogP contribution in [-0.2, 0) is 4.79 Å². The highest BCUT2D eigenvalue weighted by Crippen LogP contribution is 2.11. The molecule has 19 heavy (non-hydrogen) atoms. The van der Waals surface area contributed by atoms with E-state index in [1.165, 1.54) is 11.1 Å². The maximum Gasteiger partial charge on any atom is 0.305 e. The summed E-state index contributed by atoms with van der Waals surface area (Å²) >= 11 is 0. The van der Waals surface area contributed by atoms with Crippen molar-refractivity contribution in [3.63, 3.8) is 0 Å². The minimum absolute atomic E-state index is 0.0716. The normalized spacial score (nSPS) is 11.9. The van der Waals surface area contributed by atoms with Crippen molar-refractivity contribution in [3.05, 3.63) is 30.1 Å². The maximum atomic E-state index is 12.3. The first kappa shape index (κ1) is 15.1. The topological polar surface area (TPSA) is 90.7 Å². The molecule has 0 bridgehead atoms. The summed E-state index contributed by atoms with van der Waals surface area (Å²) in [7, 11) is 0. The van der Waals surface area contributed by atoms with Gasteiger partial charge in [-0.1, -0.05) is 6.92 Å². The van der Waals surface area contributed by atoms with E-state index in [1.807, 2.05) is 6.92 Å². The van der Waals surface area contributed by atoms with Crippen molar-refractivity contribution in [3.8, 4) is 0 Å². The minimum Gasteiger partial charge on any atom is -0.481 e. The number of aliphatic hydroxyl groups is 1. The number of rotatable bonds is 7. The molecule has 6 nitrogen and oxygen atoms in total. The SMILES string of the molecule is CCC(CO)N(CCC(=O)O)C(=O)c1cccnc1. The highest BCUT2D eigenvalue weighted by atomic mass is 16.4. The Balaban J connectivity index is 2.88. The van der Waals surface area contributed by atoms with Gasteiger partial charge in [0.05, 0.1) is 24.6 Å². The van der Waals surface area contributed by atoms with Gasteiger partial charge in [0.15, 0.2) is 0 Å². The molecular weight excluding hydrogens is 248 g/mol. The molecule has 1 aromatic heterocycles. The minimum atomic E-state index is -0.975. The van der Waals surface area contributed by atoms with Gasteiger partial charge in [-0.05, 0) is 18.6 Å². The molecule has 0 aliphatic carbocycles. The van der Waals surface area contributed by atoms with Crippen molar-refractivity contribution < 1.29 is 19.8 Å². The van der Waals surface area contributed by atoms with Gasteiger partial charge in [0.2, 0.25) is 0 Å². The van der Waals surface area contributed by atoms with E-state index in [2.05, 4.69) is 4.98 Å². The number of hydrogen-bond acceptors (Lipinski definition) is 4. The molecule has 1 unspecified atom stereocenters. The van der Waals surface area contributed by atoms with Gasteiger partial charge in [-0.25, -0.2) is 0 Å². The Labute approximate surface area is 111 Å². The van der Waals surface area contributed by atoms with Crippen molar-refractivity contribution in [2.75, 3.05) is 13.2 Å². The monoisotopic (exact) mass is 266 g/mol. The molecule has 6 heteroatoms. The van der Waals surface area contributed by atoms with Gasteiger partial charge in [0.25, 0.3) is 5.91 Å². The number of carbonyl (C=O) groups excluding carboxylic acids is 1. The summed E-state index contributed by atoms with van der Waals surface area (Å²) in [6, 6.07) is 2.88. The van der Waals surface area contributed by atoms with Crippen LogP contribution in [0.3, 0.4) is 0 Å². The van der Waals surface area contributed by atoms with Crippen molar-refractivity contribution in [1.82, 2.24) is 9.88 Å². The fourth-order valence-electron chi connectivity index (χ4n) is 1.77. The van der Waals surface area contributed by atoms with Gasteiger partial charge in [0.1, 0.15) is 0 Å². The molecule has 0 fully saturated rings. The molecule has 0 aromatic carbocycles. The van der Waals surface area contributed by atoms with Gasteiger partial charge in [0, 0.05) is 18.9 Å². The lowest BCUT2D eigenvalue weighted by molar-refractivity contribution is -0.137. The third-order valence-corrected chi connectivity index (χ3v) is 2.86. The predicted octanol–water partition coefficient (Wildman–Crippen LogP) is 0.769. The molecule has 0 spiro atoms. The zero-order chi connectivity index (χ0) is 14.3. The first-order valence-corrected chi connectivity index (χ1v) is 6.13. The summed E-state index contributed by atoms with van der Waals surface area (Å²) in [5.74, 6) is -1.29. The van der Waals surface area contributed by atoms with E-state index in [0.717, 1.165) is 0 Å². The number of aliphatic carboxylic acids is 1. The molecule has 2 N–H and O–H groups in total. The summed E-state index contributed by atoms with van der Waals surface area (Å²) in [6.45, 7) is 1.72.